The fraction of sp³-hybridized carbons (Fsp3) is 0.571. The Hall–Kier alpha value is -0.860. The lowest BCUT2D eigenvalue weighted by molar-refractivity contribution is 0.226. The molecule has 2 rings (SSSR count). The summed E-state index contributed by atoms with van der Waals surface area (Å²) < 4.78 is 0. The van der Waals surface area contributed by atoms with Crippen LogP contribution in [0.4, 0.5) is 0 Å². The maximum Gasteiger partial charge on any atom is 0.00761 e. The van der Waals surface area contributed by atoms with Gasteiger partial charge in [-0.3, -0.25) is 0 Å². The van der Waals surface area contributed by atoms with Gasteiger partial charge in [-0.05, 0) is 44.5 Å². The fourth-order valence-electron chi connectivity index (χ4n) is 2.51. The lowest BCUT2D eigenvalue weighted by Crippen LogP contribution is -2.37. The second kappa shape index (κ2) is 4.98. The Labute approximate surface area is 98.4 Å². The van der Waals surface area contributed by atoms with Gasteiger partial charge in [0.25, 0.3) is 0 Å². The number of nitrogens with two attached hydrogens (primary N) is 1. The molecule has 0 radical (unpaired) electrons. The fourth-order valence-corrected chi connectivity index (χ4v) is 2.51. The summed E-state index contributed by atoms with van der Waals surface area (Å²) in [6.07, 6.45) is 2.33. The second-order valence-corrected chi connectivity index (χ2v) is 4.97. The number of benzene rings is 1. The van der Waals surface area contributed by atoms with Crippen LogP contribution in [0.5, 0.6) is 0 Å². The maximum absolute atomic E-state index is 5.59. The summed E-state index contributed by atoms with van der Waals surface area (Å²) in [5.74, 6) is 0.737. The summed E-state index contributed by atoms with van der Waals surface area (Å²) in [4.78, 5) is 2.44. The van der Waals surface area contributed by atoms with Gasteiger partial charge in [0, 0.05) is 18.5 Å². The Bertz CT molecular complexity index is 348. The van der Waals surface area contributed by atoms with Crippen LogP contribution in [-0.2, 0) is 6.42 Å². The summed E-state index contributed by atoms with van der Waals surface area (Å²) in [7, 11) is 2.21. The molecule has 2 atom stereocenters. The molecule has 0 heterocycles. The molecule has 0 spiro atoms. The monoisotopic (exact) mass is 218 g/mol. The van der Waals surface area contributed by atoms with Crippen molar-refractivity contribution in [3.63, 3.8) is 0 Å². The molecule has 1 aromatic carbocycles. The molecule has 1 aliphatic rings. The molecule has 2 heteroatoms. The third kappa shape index (κ3) is 2.28. The zero-order valence-electron chi connectivity index (χ0n) is 10.3. The van der Waals surface area contributed by atoms with E-state index in [9.17, 15) is 0 Å². The molecule has 0 aromatic heterocycles. The normalized spacial score (nSPS) is 20.4. The molecule has 0 bridgehead atoms. The van der Waals surface area contributed by atoms with E-state index in [-0.39, 0.29) is 0 Å². The lowest BCUT2D eigenvalue weighted by Gasteiger charge is -2.35. The van der Waals surface area contributed by atoms with Crippen LogP contribution in [0.1, 0.15) is 30.4 Å². The van der Waals surface area contributed by atoms with Crippen LogP contribution in [-0.4, -0.2) is 31.1 Å². The number of nitrogens with zero attached hydrogens (tertiary/aromatic N) is 1. The van der Waals surface area contributed by atoms with E-state index in [0.29, 0.717) is 6.04 Å². The molecule has 0 saturated heterocycles. The van der Waals surface area contributed by atoms with Crippen LogP contribution in [0.25, 0.3) is 0 Å². The SMILES string of the molecule is CC(CCN)N(C)CC1Cc2ccccc21. The van der Waals surface area contributed by atoms with E-state index in [1.165, 1.54) is 12.0 Å². The molecule has 0 saturated carbocycles. The van der Waals surface area contributed by atoms with Gasteiger partial charge in [-0.15, -0.1) is 0 Å². The largest absolute Gasteiger partial charge is 0.330 e. The van der Waals surface area contributed by atoms with Gasteiger partial charge >= 0.3 is 0 Å². The van der Waals surface area contributed by atoms with Crippen molar-refractivity contribution in [2.75, 3.05) is 20.1 Å². The summed E-state index contributed by atoms with van der Waals surface area (Å²) in [5, 5.41) is 0. The number of rotatable bonds is 5. The first-order chi connectivity index (χ1) is 7.72. The second-order valence-electron chi connectivity index (χ2n) is 4.97. The van der Waals surface area contributed by atoms with Gasteiger partial charge in [-0.1, -0.05) is 24.3 Å². The predicted octanol–water partition coefficient (Wildman–Crippen LogP) is 2.00. The lowest BCUT2D eigenvalue weighted by atomic mass is 9.77. The molecule has 0 aliphatic heterocycles. The summed E-state index contributed by atoms with van der Waals surface area (Å²) >= 11 is 0. The molecule has 0 fully saturated rings. The van der Waals surface area contributed by atoms with E-state index in [1.807, 2.05) is 0 Å². The molecule has 2 N–H and O–H groups in total. The van der Waals surface area contributed by atoms with Crippen LogP contribution in [0, 0.1) is 0 Å². The summed E-state index contributed by atoms with van der Waals surface area (Å²) in [6, 6.07) is 9.39. The first-order valence-electron chi connectivity index (χ1n) is 6.20. The molecule has 0 amide bonds. The quantitative estimate of drug-likeness (QED) is 0.819. The van der Waals surface area contributed by atoms with Crippen molar-refractivity contribution in [1.29, 1.82) is 0 Å². The topological polar surface area (TPSA) is 29.3 Å². The van der Waals surface area contributed by atoms with Crippen LogP contribution in [0.15, 0.2) is 24.3 Å². The molecule has 1 aromatic rings. The van der Waals surface area contributed by atoms with Crippen LogP contribution >= 0.6 is 0 Å². The minimum atomic E-state index is 0.595. The third-order valence-electron chi connectivity index (χ3n) is 3.81. The third-order valence-corrected chi connectivity index (χ3v) is 3.81. The van der Waals surface area contributed by atoms with E-state index in [0.717, 1.165) is 25.4 Å². The zero-order chi connectivity index (χ0) is 11.5. The number of hydrogen-bond acceptors (Lipinski definition) is 2. The first-order valence-corrected chi connectivity index (χ1v) is 6.20. The Morgan fingerprint density at radius 1 is 1.44 bits per heavy atom. The highest BCUT2D eigenvalue weighted by atomic mass is 15.1. The van der Waals surface area contributed by atoms with Gasteiger partial charge in [0.1, 0.15) is 0 Å². The highest BCUT2D eigenvalue weighted by Crippen LogP contribution is 2.35. The van der Waals surface area contributed by atoms with Crippen molar-refractivity contribution in [1.82, 2.24) is 4.90 Å². The maximum atomic E-state index is 5.59. The van der Waals surface area contributed by atoms with Crippen molar-refractivity contribution in [2.45, 2.75) is 31.7 Å². The Kier molecular flexibility index (Phi) is 3.62. The van der Waals surface area contributed by atoms with Crippen molar-refractivity contribution in [3.8, 4) is 0 Å². The van der Waals surface area contributed by atoms with Gasteiger partial charge in [0.15, 0.2) is 0 Å². The van der Waals surface area contributed by atoms with E-state index in [4.69, 9.17) is 5.73 Å². The molecule has 88 valence electrons. The van der Waals surface area contributed by atoms with Crippen molar-refractivity contribution in [2.24, 2.45) is 5.73 Å². The smallest absolute Gasteiger partial charge is 0.00761 e. The molecule has 1 aliphatic carbocycles. The van der Waals surface area contributed by atoms with Crippen molar-refractivity contribution in [3.05, 3.63) is 35.4 Å². The van der Waals surface area contributed by atoms with Crippen LogP contribution < -0.4 is 5.73 Å². The Balaban J connectivity index is 1.89. The van der Waals surface area contributed by atoms with E-state index in [2.05, 4.69) is 43.1 Å². The molecular formula is C14H22N2. The van der Waals surface area contributed by atoms with Crippen LogP contribution in [0.2, 0.25) is 0 Å². The number of hydrogen-bond donors (Lipinski definition) is 1. The van der Waals surface area contributed by atoms with Gasteiger partial charge in [0.05, 0.1) is 0 Å². The van der Waals surface area contributed by atoms with Gasteiger partial charge in [0.2, 0.25) is 0 Å². The van der Waals surface area contributed by atoms with E-state index < -0.39 is 0 Å². The average Bonchev–Trinajstić information content (AvgIpc) is 2.26. The molecule has 2 unspecified atom stereocenters. The standard InChI is InChI=1S/C14H22N2/c1-11(7-8-15)16(2)10-13-9-12-5-3-4-6-14(12)13/h3-6,11,13H,7-10,15H2,1-2H3. The number of likely N-dealkylation sites (N-methyl/N-ethyl adjacent to an activating group) is 1. The zero-order valence-corrected chi connectivity index (χ0v) is 10.3. The van der Waals surface area contributed by atoms with E-state index >= 15 is 0 Å². The van der Waals surface area contributed by atoms with Crippen LogP contribution in [0.3, 0.4) is 0 Å². The van der Waals surface area contributed by atoms with Crippen molar-refractivity contribution >= 4 is 0 Å². The summed E-state index contributed by atoms with van der Waals surface area (Å²) in [6.45, 7) is 4.21. The Morgan fingerprint density at radius 3 is 2.88 bits per heavy atom. The minimum absolute atomic E-state index is 0.595. The van der Waals surface area contributed by atoms with Gasteiger partial charge < -0.3 is 10.6 Å². The average molecular weight is 218 g/mol. The first kappa shape index (κ1) is 11.6. The Morgan fingerprint density at radius 2 is 2.19 bits per heavy atom. The molecule has 16 heavy (non-hydrogen) atoms. The highest BCUT2D eigenvalue weighted by Gasteiger charge is 2.27. The van der Waals surface area contributed by atoms with E-state index in [1.54, 1.807) is 5.56 Å². The highest BCUT2D eigenvalue weighted by molar-refractivity contribution is 5.40. The number of fused-ring (bicyclic) bond motifs is 1. The minimum Gasteiger partial charge on any atom is -0.330 e. The predicted molar refractivity (Wildman–Crippen MR) is 68.7 cm³/mol. The van der Waals surface area contributed by atoms with Gasteiger partial charge in [-0.2, -0.15) is 0 Å². The molecular weight excluding hydrogens is 196 g/mol. The molecule has 2 nitrogen and oxygen atoms in total. The summed E-state index contributed by atoms with van der Waals surface area (Å²) in [5.41, 5.74) is 8.68. The van der Waals surface area contributed by atoms with Crippen molar-refractivity contribution < 1.29 is 0 Å². The van der Waals surface area contributed by atoms with Gasteiger partial charge in [-0.25, -0.2) is 0 Å².